The van der Waals surface area contributed by atoms with Gasteiger partial charge in [-0.1, -0.05) is 18.2 Å². The molecule has 1 atom stereocenters. The molecule has 0 saturated carbocycles. The van der Waals surface area contributed by atoms with Crippen LogP contribution in [0.1, 0.15) is 32.3 Å². The van der Waals surface area contributed by atoms with Crippen molar-refractivity contribution in [3.63, 3.8) is 0 Å². The summed E-state index contributed by atoms with van der Waals surface area (Å²) in [6, 6.07) is 8.26. The third kappa shape index (κ3) is 3.28. The fraction of sp³-hybridized carbons (Fsp3) is 0.625. The lowest BCUT2D eigenvalue weighted by Crippen LogP contribution is -2.42. The number of hydrogen-bond acceptors (Lipinski definition) is 3. The van der Waals surface area contributed by atoms with Crippen LogP contribution in [0.3, 0.4) is 0 Å². The molecule has 0 spiro atoms. The van der Waals surface area contributed by atoms with Crippen LogP contribution in [0.2, 0.25) is 0 Å². The van der Waals surface area contributed by atoms with Crippen LogP contribution < -0.4 is 10.5 Å². The van der Waals surface area contributed by atoms with Gasteiger partial charge in [-0.15, -0.1) is 0 Å². The number of para-hydroxylation sites is 1. The molecular weight excluding hydrogens is 238 g/mol. The van der Waals surface area contributed by atoms with Gasteiger partial charge in [-0.2, -0.15) is 0 Å². The molecule has 0 fully saturated rings. The zero-order valence-corrected chi connectivity index (χ0v) is 12.2. The van der Waals surface area contributed by atoms with Gasteiger partial charge >= 0.3 is 0 Å². The average Bonchev–Trinajstić information content (AvgIpc) is 2.45. The highest BCUT2D eigenvalue weighted by Crippen LogP contribution is 2.38. The van der Waals surface area contributed by atoms with Crippen LogP contribution in [0.25, 0.3) is 0 Å². The monoisotopic (exact) mass is 263 g/mol. The van der Waals surface area contributed by atoms with Crippen molar-refractivity contribution in [1.82, 2.24) is 0 Å². The summed E-state index contributed by atoms with van der Waals surface area (Å²) in [7, 11) is 1.77. The highest BCUT2D eigenvalue weighted by atomic mass is 16.5. The van der Waals surface area contributed by atoms with E-state index in [0.717, 1.165) is 25.0 Å². The minimum atomic E-state index is -0.0981. The summed E-state index contributed by atoms with van der Waals surface area (Å²) in [5.74, 6) is 1.01. The van der Waals surface area contributed by atoms with Crippen LogP contribution in [0.4, 0.5) is 0 Å². The highest BCUT2D eigenvalue weighted by molar-refractivity contribution is 5.36. The molecule has 1 aliphatic rings. The van der Waals surface area contributed by atoms with Crippen LogP contribution in [-0.4, -0.2) is 25.9 Å². The zero-order chi connectivity index (χ0) is 13.9. The van der Waals surface area contributed by atoms with Crippen LogP contribution >= 0.6 is 0 Å². The molecular formula is C16H25NO2. The van der Waals surface area contributed by atoms with E-state index in [1.807, 2.05) is 12.1 Å². The third-order valence-electron chi connectivity index (χ3n) is 4.31. The fourth-order valence-electron chi connectivity index (χ4n) is 2.54. The first kappa shape index (κ1) is 14.4. The molecule has 19 heavy (non-hydrogen) atoms. The maximum absolute atomic E-state index is 6.05. The number of nitrogens with two attached hydrogens (primary N) is 1. The van der Waals surface area contributed by atoms with E-state index >= 15 is 0 Å². The molecule has 0 saturated heterocycles. The molecule has 106 valence electrons. The molecule has 1 heterocycles. The Morgan fingerprint density at radius 1 is 1.37 bits per heavy atom. The minimum absolute atomic E-state index is 0.0458. The van der Waals surface area contributed by atoms with Gasteiger partial charge in [-0.25, -0.2) is 0 Å². The van der Waals surface area contributed by atoms with E-state index in [4.69, 9.17) is 15.2 Å². The molecule has 2 rings (SSSR count). The maximum Gasteiger partial charge on any atom is 0.122 e. The average molecular weight is 263 g/mol. The van der Waals surface area contributed by atoms with Crippen molar-refractivity contribution in [2.45, 2.75) is 38.7 Å². The van der Waals surface area contributed by atoms with E-state index in [1.54, 1.807) is 7.11 Å². The van der Waals surface area contributed by atoms with Gasteiger partial charge in [0.05, 0.1) is 12.2 Å². The molecule has 0 aromatic heterocycles. The molecule has 0 bridgehead atoms. The minimum Gasteiger partial charge on any atom is -0.493 e. The van der Waals surface area contributed by atoms with Crippen molar-refractivity contribution >= 4 is 0 Å². The molecule has 1 aromatic rings. The summed E-state index contributed by atoms with van der Waals surface area (Å²) < 4.78 is 11.4. The lowest BCUT2D eigenvalue weighted by Gasteiger charge is -2.39. The van der Waals surface area contributed by atoms with Crippen molar-refractivity contribution in [3.8, 4) is 5.75 Å². The summed E-state index contributed by atoms with van der Waals surface area (Å²) in [6.07, 6.45) is 3.02. The Morgan fingerprint density at radius 3 is 2.79 bits per heavy atom. The van der Waals surface area contributed by atoms with E-state index in [-0.39, 0.29) is 11.0 Å². The first-order chi connectivity index (χ1) is 9.00. The largest absolute Gasteiger partial charge is 0.493 e. The Labute approximate surface area is 116 Å². The quantitative estimate of drug-likeness (QED) is 0.888. The molecule has 3 heteroatoms. The molecule has 1 aromatic carbocycles. The standard InChI is InChI=1S/C16H25NO2/c1-15(2,18-3)8-9-16(11-17)10-13-6-4-5-7-14(13)19-12-16/h4-7H,8-12,17H2,1-3H3. The van der Waals surface area contributed by atoms with Gasteiger partial charge in [0, 0.05) is 19.1 Å². The van der Waals surface area contributed by atoms with Gasteiger partial charge in [0.1, 0.15) is 5.75 Å². The van der Waals surface area contributed by atoms with Crippen LogP contribution in [0.15, 0.2) is 24.3 Å². The number of methoxy groups -OCH3 is 1. The van der Waals surface area contributed by atoms with Gasteiger partial charge < -0.3 is 15.2 Å². The Morgan fingerprint density at radius 2 is 2.11 bits per heavy atom. The fourth-order valence-corrected chi connectivity index (χ4v) is 2.54. The van der Waals surface area contributed by atoms with Crippen LogP contribution in [-0.2, 0) is 11.2 Å². The van der Waals surface area contributed by atoms with Crippen molar-refractivity contribution in [2.24, 2.45) is 11.1 Å². The van der Waals surface area contributed by atoms with E-state index in [2.05, 4.69) is 26.0 Å². The second-order valence-corrected chi connectivity index (χ2v) is 6.24. The second-order valence-electron chi connectivity index (χ2n) is 6.24. The highest BCUT2D eigenvalue weighted by Gasteiger charge is 2.36. The number of hydrogen-bond donors (Lipinski definition) is 1. The number of benzene rings is 1. The van der Waals surface area contributed by atoms with Gasteiger partial charge in [0.15, 0.2) is 0 Å². The van der Waals surface area contributed by atoms with Crippen molar-refractivity contribution in [3.05, 3.63) is 29.8 Å². The van der Waals surface area contributed by atoms with E-state index in [1.165, 1.54) is 5.56 Å². The van der Waals surface area contributed by atoms with Gasteiger partial charge in [0.2, 0.25) is 0 Å². The smallest absolute Gasteiger partial charge is 0.122 e. The summed E-state index contributed by atoms with van der Waals surface area (Å²) >= 11 is 0. The van der Waals surface area contributed by atoms with E-state index in [9.17, 15) is 0 Å². The molecule has 3 nitrogen and oxygen atoms in total. The van der Waals surface area contributed by atoms with Crippen molar-refractivity contribution < 1.29 is 9.47 Å². The number of fused-ring (bicyclic) bond motifs is 1. The predicted octanol–water partition coefficient (Wildman–Crippen LogP) is 2.77. The van der Waals surface area contributed by atoms with Crippen molar-refractivity contribution in [2.75, 3.05) is 20.3 Å². The predicted molar refractivity (Wildman–Crippen MR) is 77.5 cm³/mol. The summed E-state index contributed by atoms with van der Waals surface area (Å²) in [5.41, 5.74) is 7.27. The van der Waals surface area contributed by atoms with Gasteiger partial charge in [-0.05, 0) is 44.7 Å². The summed E-state index contributed by atoms with van der Waals surface area (Å²) in [4.78, 5) is 0. The Balaban J connectivity index is 2.09. The van der Waals surface area contributed by atoms with E-state index in [0.29, 0.717) is 13.2 Å². The van der Waals surface area contributed by atoms with Crippen LogP contribution in [0.5, 0.6) is 5.75 Å². The first-order valence-electron chi connectivity index (χ1n) is 6.96. The Kier molecular flexibility index (Phi) is 4.16. The SMILES string of the molecule is COC(C)(C)CCC1(CN)COc2ccccc2C1. The molecule has 0 radical (unpaired) electrons. The number of ether oxygens (including phenoxy) is 2. The second kappa shape index (κ2) is 5.51. The van der Waals surface area contributed by atoms with Gasteiger partial charge in [0.25, 0.3) is 0 Å². The molecule has 0 amide bonds. The Hall–Kier alpha value is -1.06. The normalized spacial score (nSPS) is 22.7. The molecule has 1 unspecified atom stereocenters. The zero-order valence-electron chi connectivity index (χ0n) is 12.2. The lowest BCUT2D eigenvalue weighted by atomic mass is 9.75. The topological polar surface area (TPSA) is 44.5 Å². The van der Waals surface area contributed by atoms with Crippen LogP contribution in [0, 0.1) is 5.41 Å². The summed E-state index contributed by atoms with van der Waals surface area (Å²) in [6.45, 7) is 5.60. The molecule has 0 aliphatic carbocycles. The number of rotatable bonds is 5. The van der Waals surface area contributed by atoms with Crippen molar-refractivity contribution in [1.29, 1.82) is 0 Å². The first-order valence-corrected chi connectivity index (χ1v) is 6.96. The molecule has 2 N–H and O–H groups in total. The maximum atomic E-state index is 6.05. The molecule has 1 aliphatic heterocycles. The lowest BCUT2D eigenvalue weighted by molar-refractivity contribution is -0.00304. The van der Waals surface area contributed by atoms with Gasteiger partial charge in [-0.3, -0.25) is 0 Å². The van der Waals surface area contributed by atoms with E-state index < -0.39 is 0 Å². The third-order valence-corrected chi connectivity index (χ3v) is 4.31. The summed E-state index contributed by atoms with van der Waals surface area (Å²) in [5, 5.41) is 0. The Bertz CT molecular complexity index is 431.